The molecule has 3 bridgehead atoms. The van der Waals surface area contributed by atoms with Crippen LogP contribution in [0.5, 0.6) is 0 Å². The van der Waals surface area contributed by atoms with E-state index in [0.29, 0.717) is 0 Å². The van der Waals surface area contributed by atoms with Crippen LogP contribution in [0.4, 0.5) is 0 Å². The molecular formula is C26H20Cl2Zr. The van der Waals surface area contributed by atoms with Gasteiger partial charge < -0.3 is 24.8 Å². The maximum absolute atomic E-state index is 2.43. The molecule has 0 aliphatic heterocycles. The van der Waals surface area contributed by atoms with Gasteiger partial charge in [-0.05, 0) is 12.8 Å². The molecule has 0 spiro atoms. The van der Waals surface area contributed by atoms with Gasteiger partial charge in [0.2, 0.25) is 0 Å². The molecule has 0 nitrogen and oxygen atoms in total. The number of hydrogen-bond acceptors (Lipinski definition) is 0. The summed E-state index contributed by atoms with van der Waals surface area (Å²) in [7, 11) is 0. The Morgan fingerprint density at radius 1 is 0.759 bits per heavy atom. The van der Waals surface area contributed by atoms with E-state index >= 15 is 0 Å². The summed E-state index contributed by atoms with van der Waals surface area (Å²) in [5.41, 5.74) is 6.04. The van der Waals surface area contributed by atoms with Crippen LogP contribution in [0.1, 0.15) is 22.3 Å². The zero-order chi connectivity index (χ0) is 17.1. The van der Waals surface area contributed by atoms with Crippen LogP contribution in [0.25, 0.3) is 32.3 Å². The van der Waals surface area contributed by atoms with E-state index in [1.54, 1.807) is 11.1 Å². The van der Waals surface area contributed by atoms with E-state index in [2.05, 4.69) is 72.8 Å². The normalized spacial score (nSPS) is 12.8. The van der Waals surface area contributed by atoms with Crippen molar-refractivity contribution in [1.29, 1.82) is 0 Å². The van der Waals surface area contributed by atoms with Gasteiger partial charge in [-0.1, -0.05) is 54.8 Å². The van der Waals surface area contributed by atoms with Crippen LogP contribution >= 0.6 is 0 Å². The van der Waals surface area contributed by atoms with E-state index in [-0.39, 0.29) is 51.0 Å². The van der Waals surface area contributed by atoms with Crippen molar-refractivity contribution >= 4 is 32.3 Å². The van der Waals surface area contributed by atoms with Crippen LogP contribution in [-0.2, 0) is 51.9 Å². The molecule has 0 saturated carbocycles. The van der Waals surface area contributed by atoms with E-state index in [0.717, 1.165) is 25.7 Å². The van der Waals surface area contributed by atoms with Crippen molar-refractivity contribution in [3.05, 3.63) is 95.1 Å². The average molecular weight is 495 g/mol. The van der Waals surface area contributed by atoms with Gasteiger partial charge in [0.1, 0.15) is 0 Å². The van der Waals surface area contributed by atoms with Gasteiger partial charge in [0.05, 0.1) is 0 Å². The monoisotopic (exact) mass is 492 g/mol. The van der Waals surface area contributed by atoms with Crippen LogP contribution < -0.4 is 24.8 Å². The number of aryl methyl sites for hydroxylation is 4. The summed E-state index contributed by atoms with van der Waals surface area (Å²) in [6, 6.07) is 27.6. The smallest absolute Gasteiger partial charge is 1.00 e. The second-order valence-electron chi connectivity index (χ2n) is 7.68. The van der Waals surface area contributed by atoms with Gasteiger partial charge in [0.25, 0.3) is 0 Å². The minimum absolute atomic E-state index is 0. The molecule has 5 aromatic rings. The summed E-state index contributed by atoms with van der Waals surface area (Å²) >= 11 is 0. The molecule has 0 aromatic heterocycles. The molecule has 0 N–H and O–H groups in total. The molecule has 5 aromatic carbocycles. The maximum Gasteiger partial charge on any atom is 4.00 e. The Labute approximate surface area is 203 Å². The molecule has 3 heteroatoms. The van der Waals surface area contributed by atoms with Crippen molar-refractivity contribution in [2.45, 2.75) is 25.7 Å². The van der Waals surface area contributed by atoms with Gasteiger partial charge in [-0.25, -0.2) is 0 Å². The topological polar surface area (TPSA) is 0 Å². The summed E-state index contributed by atoms with van der Waals surface area (Å²) in [6.45, 7) is 0. The Kier molecular flexibility index (Phi) is 6.74. The number of rotatable bonds is 0. The number of fused-ring (bicyclic) bond motifs is 5. The number of benzene rings is 3. The first-order valence-corrected chi connectivity index (χ1v) is 9.63. The molecule has 29 heavy (non-hydrogen) atoms. The van der Waals surface area contributed by atoms with Gasteiger partial charge in [-0.2, -0.15) is 6.07 Å². The van der Waals surface area contributed by atoms with Gasteiger partial charge in [0.15, 0.2) is 0 Å². The van der Waals surface area contributed by atoms with Gasteiger partial charge >= 0.3 is 26.2 Å². The maximum atomic E-state index is 2.43. The standard InChI is InChI=1S/C26H20.2ClH.Zr/c1-2-6-22-19(4-1)15-20-10-8-17-9-12-24-21(14-17)16-26-18(11-13-23(20)22)5-3-7-25(24)26;;;/h1-7,9,12,14-16H,8,10-11,13H2;2*1H;/q-2;;;+4/p-2. The van der Waals surface area contributed by atoms with Gasteiger partial charge in [0, 0.05) is 0 Å². The van der Waals surface area contributed by atoms with Gasteiger partial charge in [-0.15, -0.1) is 79.3 Å². The second-order valence-corrected chi connectivity index (χ2v) is 7.68. The molecule has 0 radical (unpaired) electrons. The Hall–Kier alpha value is -1.40. The molecule has 0 heterocycles. The third kappa shape index (κ3) is 3.63. The van der Waals surface area contributed by atoms with Crippen molar-refractivity contribution in [3.8, 4) is 0 Å². The third-order valence-corrected chi connectivity index (χ3v) is 6.23. The first kappa shape index (κ1) is 22.3. The largest absolute Gasteiger partial charge is 4.00 e. The van der Waals surface area contributed by atoms with Crippen LogP contribution in [0.15, 0.2) is 72.8 Å². The van der Waals surface area contributed by atoms with Crippen LogP contribution in [0, 0.1) is 0 Å². The number of hydrogen-bond donors (Lipinski definition) is 0. The van der Waals surface area contributed by atoms with E-state index in [9.17, 15) is 0 Å². The molecule has 6 rings (SSSR count). The second kappa shape index (κ2) is 8.77. The fourth-order valence-corrected chi connectivity index (χ4v) is 4.93. The molecule has 0 saturated heterocycles. The Bertz CT molecular complexity index is 1290. The van der Waals surface area contributed by atoms with E-state index in [4.69, 9.17) is 0 Å². The van der Waals surface area contributed by atoms with Crippen LogP contribution in [0.3, 0.4) is 0 Å². The summed E-state index contributed by atoms with van der Waals surface area (Å²) in [5.74, 6) is 0. The quantitative estimate of drug-likeness (QED) is 0.275. The van der Waals surface area contributed by atoms with Crippen molar-refractivity contribution in [3.63, 3.8) is 0 Å². The molecule has 0 atom stereocenters. The predicted octanol–water partition coefficient (Wildman–Crippen LogP) is 0.473. The minimum Gasteiger partial charge on any atom is -1.00 e. The molecule has 0 unspecified atom stereocenters. The zero-order valence-electron chi connectivity index (χ0n) is 16.0. The Morgan fingerprint density at radius 2 is 1.62 bits per heavy atom. The third-order valence-electron chi connectivity index (χ3n) is 6.23. The summed E-state index contributed by atoms with van der Waals surface area (Å²) in [5, 5.41) is 8.51. The van der Waals surface area contributed by atoms with Crippen molar-refractivity contribution < 1.29 is 51.0 Å². The van der Waals surface area contributed by atoms with Crippen LogP contribution in [-0.4, -0.2) is 0 Å². The van der Waals surface area contributed by atoms with E-state index in [1.807, 2.05) is 0 Å². The first-order valence-electron chi connectivity index (χ1n) is 9.63. The SMILES string of the molecule is [Cl-].[Cl-].[Zr+4].c1ccc2c(c1)cc1[c-]2CCc2cccc3c2[cH-]c2cc(ccc23)CC1. The van der Waals surface area contributed by atoms with Crippen molar-refractivity contribution in [2.24, 2.45) is 0 Å². The number of halogens is 2. The Morgan fingerprint density at radius 3 is 2.52 bits per heavy atom. The average Bonchev–Trinajstić information content (AvgIpc) is 3.21. The molecule has 0 fully saturated rings. The molecule has 1 aliphatic rings. The molecule has 1 aliphatic carbocycles. The first-order chi connectivity index (χ1) is 12.9. The minimum atomic E-state index is 0. The van der Waals surface area contributed by atoms with E-state index < -0.39 is 0 Å². The van der Waals surface area contributed by atoms with E-state index in [1.165, 1.54) is 43.4 Å². The van der Waals surface area contributed by atoms with Crippen molar-refractivity contribution in [1.82, 2.24) is 0 Å². The Balaban J connectivity index is 0.000000801. The van der Waals surface area contributed by atoms with Gasteiger partial charge in [-0.3, -0.25) is 0 Å². The molecular weight excluding hydrogens is 474 g/mol. The van der Waals surface area contributed by atoms with Crippen molar-refractivity contribution in [2.75, 3.05) is 0 Å². The zero-order valence-corrected chi connectivity index (χ0v) is 20.0. The molecule has 142 valence electrons. The summed E-state index contributed by atoms with van der Waals surface area (Å²) in [4.78, 5) is 0. The summed E-state index contributed by atoms with van der Waals surface area (Å²) in [6.07, 6.45) is 4.49. The van der Waals surface area contributed by atoms with Crippen LogP contribution in [0.2, 0.25) is 0 Å². The molecule has 0 amide bonds. The predicted molar refractivity (Wildman–Crippen MR) is 111 cm³/mol. The fourth-order valence-electron chi connectivity index (χ4n) is 4.93. The fraction of sp³-hybridized carbons (Fsp3) is 0.154. The summed E-state index contributed by atoms with van der Waals surface area (Å²) < 4.78 is 0.